The van der Waals surface area contributed by atoms with Crippen molar-refractivity contribution in [3.8, 4) is 11.5 Å². The SMILES string of the molecule is CCc1nc2c(sc3cccc(F)c32)c(=O)n1CC(=O)Nc1ccc2c(c1)OCO2. The van der Waals surface area contributed by atoms with Gasteiger partial charge < -0.3 is 14.8 Å². The van der Waals surface area contributed by atoms with Crippen molar-refractivity contribution in [3.05, 3.63) is 58.4 Å². The molecule has 2 aromatic heterocycles. The average molecular weight is 425 g/mol. The van der Waals surface area contributed by atoms with Gasteiger partial charge in [0.25, 0.3) is 5.56 Å². The summed E-state index contributed by atoms with van der Waals surface area (Å²) in [7, 11) is 0. The number of nitrogens with zero attached hydrogens (tertiary/aromatic N) is 2. The average Bonchev–Trinajstić information content (AvgIpc) is 3.34. The number of nitrogens with one attached hydrogen (secondary N) is 1. The molecule has 0 unspecified atom stereocenters. The molecule has 0 saturated carbocycles. The Balaban J connectivity index is 1.51. The van der Waals surface area contributed by atoms with E-state index in [-0.39, 0.29) is 24.8 Å². The van der Waals surface area contributed by atoms with E-state index >= 15 is 0 Å². The summed E-state index contributed by atoms with van der Waals surface area (Å²) < 4.78 is 27.2. The minimum atomic E-state index is -0.411. The molecular weight excluding hydrogens is 409 g/mol. The number of hydrogen-bond donors (Lipinski definition) is 1. The van der Waals surface area contributed by atoms with E-state index in [1.807, 2.05) is 6.92 Å². The van der Waals surface area contributed by atoms with Gasteiger partial charge >= 0.3 is 0 Å². The second-order valence-corrected chi connectivity index (χ2v) is 7.83. The zero-order valence-corrected chi connectivity index (χ0v) is 16.7. The number of aryl methyl sites for hydroxylation is 1. The number of aromatic nitrogens is 2. The predicted octanol–water partition coefficient (Wildman–Crippen LogP) is 3.68. The lowest BCUT2D eigenvalue weighted by molar-refractivity contribution is -0.116. The van der Waals surface area contributed by atoms with Gasteiger partial charge in [0.1, 0.15) is 22.9 Å². The van der Waals surface area contributed by atoms with Gasteiger partial charge in [0.15, 0.2) is 11.5 Å². The van der Waals surface area contributed by atoms with Crippen LogP contribution in [0.4, 0.5) is 10.1 Å². The van der Waals surface area contributed by atoms with Crippen LogP contribution in [0.2, 0.25) is 0 Å². The van der Waals surface area contributed by atoms with Gasteiger partial charge in [-0.05, 0) is 24.3 Å². The van der Waals surface area contributed by atoms with Crippen molar-refractivity contribution in [3.63, 3.8) is 0 Å². The molecular formula is C21H16FN3O4S. The van der Waals surface area contributed by atoms with Crippen LogP contribution in [0.25, 0.3) is 20.3 Å². The van der Waals surface area contributed by atoms with Crippen LogP contribution in [0.15, 0.2) is 41.2 Å². The Hall–Kier alpha value is -3.46. The Morgan fingerprint density at radius 2 is 2.10 bits per heavy atom. The Morgan fingerprint density at radius 1 is 1.27 bits per heavy atom. The number of fused-ring (bicyclic) bond motifs is 4. The van der Waals surface area contributed by atoms with E-state index in [2.05, 4.69) is 10.3 Å². The fourth-order valence-electron chi connectivity index (χ4n) is 3.52. The zero-order valence-electron chi connectivity index (χ0n) is 15.9. The van der Waals surface area contributed by atoms with Gasteiger partial charge in [-0.2, -0.15) is 0 Å². The number of thiophene rings is 1. The maximum absolute atomic E-state index is 14.3. The number of benzene rings is 2. The first-order valence-electron chi connectivity index (χ1n) is 9.35. The van der Waals surface area contributed by atoms with E-state index < -0.39 is 5.82 Å². The first-order chi connectivity index (χ1) is 14.5. The maximum Gasteiger partial charge on any atom is 0.272 e. The highest BCUT2D eigenvalue weighted by molar-refractivity contribution is 7.25. The number of halogens is 1. The molecule has 0 bridgehead atoms. The number of hydrogen-bond acceptors (Lipinski definition) is 6. The van der Waals surface area contributed by atoms with Crippen molar-refractivity contribution in [1.82, 2.24) is 9.55 Å². The zero-order chi connectivity index (χ0) is 20.8. The summed E-state index contributed by atoms with van der Waals surface area (Å²) in [5, 5.41) is 3.11. The highest BCUT2D eigenvalue weighted by Gasteiger charge is 2.19. The molecule has 0 radical (unpaired) electrons. The number of ether oxygens (including phenoxy) is 2. The number of amides is 1. The summed E-state index contributed by atoms with van der Waals surface area (Å²) in [6, 6.07) is 9.79. The molecule has 30 heavy (non-hydrogen) atoms. The van der Waals surface area contributed by atoms with Gasteiger partial charge in [-0.25, -0.2) is 9.37 Å². The van der Waals surface area contributed by atoms with Gasteiger partial charge in [0.2, 0.25) is 12.7 Å². The van der Waals surface area contributed by atoms with E-state index in [0.29, 0.717) is 49.7 Å². The van der Waals surface area contributed by atoms with E-state index in [1.54, 1.807) is 30.3 Å². The van der Waals surface area contributed by atoms with Gasteiger partial charge in [0.05, 0.1) is 10.9 Å². The fraction of sp³-hybridized carbons (Fsp3) is 0.190. The largest absolute Gasteiger partial charge is 0.454 e. The molecule has 3 heterocycles. The highest BCUT2D eigenvalue weighted by Crippen LogP contribution is 2.34. The molecule has 1 amide bonds. The van der Waals surface area contributed by atoms with Gasteiger partial charge in [-0.1, -0.05) is 13.0 Å². The molecule has 0 saturated heterocycles. The maximum atomic E-state index is 14.3. The van der Waals surface area contributed by atoms with Crippen LogP contribution in [-0.2, 0) is 17.8 Å². The molecule has 0 spiro atoms. The molecule has 9 heteroatoms. The van der Waals surface area contributed by atoms with Crippen LogP contribution >= 0.6 is 11.3 Å². The van der Waals surface area contributed by atoms with E-state index in [1.165, 1.54) is 22.0 Å². The van der Waals surface area contributed by atoms with Crippen molar-refractivity contribution in [2.45, 2.75) is 19.9 Å². The van der Waals surface area contributed by atoms with Gasteiger partial charge in [-0.3, -0.25) is 14.2 Å². The van der Waals surface area contributed by atoms with Crippen molar-refractivity contribution < 1.29 is 18.7 Å². The number of rotatable bonds is 4. The van der Waals surface area contributed by atoms with Crippen LogP contribution < -0.4 is 20.3 Å². The number of anilines is 1. The Kier molecular flexibility index (Phi) is 4.39. The molecule has 0 fully saturated rings. The van der Waals surface area contributed by atoms with Crippen molar-refractivity contribution in [1.29, 1.82) is 0 Å². The highest BCUT2D eigenvalue weighted by atomic mass is 32.1. The lowest BCUT2D eigenvalue weighted by atomic mass is 10.2. The quantitative estimate of drug-likeness (QED) is 0.539. The molecule has 4 aromatic rings. The normalized spacial score (nSPS) is 12.6. The second kappa shape index (κ2) is 7.10. The first kappa shape index (κ1) is 18.6. The molecule has 1 N–H and O–H groups in total. The lowest BCUT2D eigenvalue weighted by Gasteiger charge is -2.12. The molecule has 2 aromatic carbocycles. The Labute approximate surface area is 173 Å². The summed E-state index contributed by atoms with van der Waals surface area (Å²) >= 11 is 1.18. The summed E-state index contributed by atoms with van der Waals surface area (Å²) in [6.45, 7) is 1.78. The third-order valence-electron chi connectivity index (χ3n) is 4.91. The molecule has 1 aliphatic heterocycles. The molecule has 7 nitrogen and oxygen atoms in total. The monoisotopic (exact) mass is 425 g/mol. The third-order valence-corrected chi connectivity index (χ3v) is 6.04. The van der Waals surface area contributed by atoms with Crippen molar-refractivity contribution in [2.24, 2.45) is 0 Å². The summed E-state index contributed by atoms with van der Waals surface area (Å²) in [5.74, 6) is 0.806. The molecule has 5 rings (SSSR count). The van der Waals surface area contributed by atoms with Crippen LogP contribution in [0, 0.1) is 5.82 Å². The fourth-order valence-corrected chi connectivity index (χ4v) is 4.63. The second-order valence-electron chi connectivity index (χ2n) is 6.78. The summed E-state index contributed by atoms with van der Waals surface area (Å²) in [6.07, 6.45) is 0.425. The standard InChI is InChI=1S/C21H16FN3O4S/c1-2-16-24-19-18-12(22)4-3-5-15(18)30-20(19)21(27)25(16)9-17(26)23-11-6-7-13-14(8-11)29-10-28-13/h3-8H,2,9-10H2,1H3,(H,23,26). The van der Waals surface area contributed by atoms with Crippen molar-refractivity contribution in [2.75, 3.05) is 12.1 Å². The van der Waals surface area contributed by atoms with Crippen LogP contribution in [0.3, 0.4) is 0 Å². The van der Waals surface area contributed by atoms with Gasteiger partial charge in [-0.15, -0.1) is 11.3 Å². The van der Waals surface area contributed by atoms with Gasteiger partial charge in [0, 0.05) is 22.9 Å². The first-order valence-corrected chi connectivity index (χ1v) is 10.2. The Morgan fingerprint density at radius 3 is 2.93 bits per heavy atom. The number of carbonyl (C=O) groups excluding carboxylic acids is 1. The minimum Gasteiger partial charge on any atom is -0.454 e. The molecule has 1 aliphatic rings. The van der Waals surface area contributed by atoms with Crippen LogP contribution in [0.5, 0.6) is 11.5 Å². The van der Waals surface area contributed by atoms with E-state index in [9.17, 15) is 14.0 Å². The van der Waals surface area contributed by atoms with Crippen LogP contribution in [-0.4, -0.2) is 22.3 Å². The minimum absolute atomic E-state index is 0.142. The third kappa shape index (κ3) is 2.98. The topological polar surface area (TPSA) is 82.5 Å². The molecule has 0 atom stereocenters. The number of carbonyl (C=O) groups is 1. The molecule has 152 valence electrons. The summed E-state index contributed by atoms with van der Waals surface area (Å²) in [5.41, 5.74) is 0.536. The predicted molar refractivity (Wildman–Crippen MR) is 112 cm³/mol. The lowest BCUT2D eigenvalue weighted by Crippen LogP contribution is -2.30. The summed E-state index contributed by atoms with van der Waals surface area (Å²) in [4.78, 5) is 30.3. The van der Waals surface area contributed by atoms with Crippen LogP contribution in [0.1, 0.15) is 12.7 Å². The van der Waals surface area contributed by atoms with Crippen molar-refractivity contribution >= 4 is 43.2 Å². The van der Waals surface area contributed by atoms with E-state index in [4.69, 9.17) is 9.47 Å². The smallest absolute Gasteiger partial charge is 0.272 e. The molecule has 0 aliphatic carbocycles. The Bertz CT molecular complexity index is 1380. The van der Waals surface area contributed by atoms with E-state index in [0.717, 1.165) is 0 Å².